The van der Waals surface area contributed by atoms with E-state index < -0.39 is 5.60 Å². The molecule has 5 heteroatoms. The maximum absolute atomic E-state index is 10.8. The molecule has 2 rings (SSSR count). The van der Waals surface area contributed by atoms with Crippen molar-refractivity contribution in [1.82, 2.24) is 14.7 Å². The van der Waals surface area contributed by atoms with Crippen molar-refractivity contribution in [3.8, 4) is 0 Å². The molecule has 2 atom stereocenters. The summed E-state index contributed by atoms with van der Waals surface area (Å²) in [7, 11) is 4.06. The predicted molar refractivity (Wildman–Crippen MR) is 75.6 cm³/mol. The van der Waals surface area contributed by atoms with Gasteiger partial charge < -0.3 is 10.0 Å². The van der Waals surface area contributed by atoms with Gasteiger partial charge in [-0.25, -0.2) is 0 Å². The van der Waals surface area contributed by atoms with E-state index in [0.717, 1.165) is 35.2 Å². The molecule has 0 aromatic carbocycles. The number of aliphatic hydroxyl groups is 1. The normalized spacial score (nSPS) is 29.8. The minimum Gasteiger partial charge on any atom is -0.389 e. The molecule has 1 fully saturated rings. The number of hydrogen-bond donors (Lipinski definition) is 1. The van der Waals surface area contributed by atoms with Crippen molar-refractivity contribution in [2.75, 3.05) is 13.6 Å². The molecule has 0 radical (unpaired) electrons. The Labute approximate surface area is 117 Å². The van der Waals surface area contributed by atoms with E-state index in [1.54, 1.807) is 0 Å². The molecule has 1 aliphatic heterocycles. The smallest absolute Gasteiger partial charge is 0.0738 e. The van der Waals surface area contributed by atoms with Crippen LogP contribution < -0.4 is 0 Å². The van der Waals surface area contributed by atoms with Crippen molar-refractivity contribution in [3.63, 3.8) is 0 Å². The van der Waals surface area contributed by atoms with Gasteiger partial charge in [0, 0.05) is 26.1 Å². The Morgan fingerprint density at radius 1 is 1.50 bits per heavy atom. The molecular weight excluding hydrogens is 294 g/mol. The predicted octanol–water partition coefficient (Wildman–Crippen LogP) is 1.88. The maximum atomic E-state index is 10.8. The molecule has 2 unspecified atom stereocenters. The van der Waals surface area contributed by atoms with Crippen LogP contribution in [0.3, 0.4) is 0 Å². The van der Waals surface area contributed by atoms with Crippen LogP contribution in [0.4, 0.5) is 0 Å². The third kappa shape index (κ3) is 2.63. The molecule has 0 bridgehead atoms. The Hall–Kier alpha value is -0.390. The summed E-state index contributed by atoms with van der Waals surface area (Å²) in [6, 6.07) is 0.428. The van der Waals surface area contributed by atoms with Gasteiger partial charge in [-0.1, -0.05) is 0 Å². The Kier molecular flexibility index (Phi) is 3.85. The molecule has 0 saturated carbocycles. The van der Waals surface area contributed by atoms with Gasteiger partial charge in [0.25, 0.3) is 0 Å². The van der Waals surface area contributed by atoms with Crippen LogP contribution in [0.15, 0.2) is 4.47 Å². The molecule has 0 amide bonds. The van der Waals surface area contributed by atoms with Crippen LogP contribution in [0.2, 0.25) is 0 Å². The van der Waals surface area contributed by atoms with Crippen LogP contribution in [0.5, 0.6) is 0 Å². The lowest BCUT2D eigenvalue weighted by molar-refractivity contribution is -0.0366. The fraction of sp³-hybridized carbons (Fsp3) is 0.769. The van der Waals surface area contributed by atoms with Crippen LogP contribution in [0.25, 0.3) is 0 Å². The number of hydrogen-bond acceptors (Lipinski definition) is 3. The minimum absolute atomic E-state index is 0.428. The molecule has 1 aromatic rings. The molecule has 102 valence electrons. The first-order chi connectivity index (χ1) is 8.32. The fourth-order valence-electron chi connectivity index (χ4n) is 2.76. The first-order valence-corrected chi connectivity index (χ1v) is 7.22. The summed E-state index contributed by atoms with van der Waals surface area (Å²) in [6.07, 6.45) is 2.31. The number of halogens is 1. The highest BCUT2D eigenvalue weighted by Crippen LogP contribution is 2.32. The molecular formula is C13H22BrN3O. The summed E-state index contributed by atoms with van der Waals surface area (Å²) in [6.45, 7) is 5.11. The van der Waals surface area contributed by atoms with Gasteiger partial charge in [-0.2, -0.15) is 5.10 Å². The van der Waals surface area contributed by atoms with Crippen molar-refractivity contribution in [2.45, 2.75) is 44.8 Å². The molecule has 1 N–H and O–H groups in total. The molecule has 1 saturated heterocycles. The van der Waals surface area contributed by atoms with E-state index in [9.17, 15) is 5.11 Å². The second-order valence-corrected chi connectivity index (χ2v) is 6.45. The van der Waals surface area contributed by atoms with Crippen LogP contribution in [0.1, 0.15) is 31.2 Å². The highest BCUT2D eigenvalue weighted by molar-refractivity contribution is 9.10. The lowest BCUT2D eigenvalue weighted by Gasteiger charge is -2.41. The second kappa shape index (κ2) is 4.94. The number of piperidine rings is 1. The molecule has 4 nitrogen and oxygen atoms in total. The fourth-order valence-corrected chi connectivity index (χ4v) is 3.23. The zero-order valence-corrected chi connectivity index (χ0v) is 13.2. The highest BCUT2D eigenvalue weighted by Gasteiger charge is 2.36. The van der Waals surface area contributed by atoms with Gasteiger partial charge in [0.2, 0.25) is 0 Å². The lowest BCUT2D eigenvalue weighted by atomic mass is 9.83. The van der Waals surface area contributed by atoms with E-state index in [0.29, 0.717) is 12.5 Å². The van der Waals surface area contributed by atoms with Gasteiger partial charge >= 0.3 is 0 Å². The summed E-state index contributed by atoms with van der Waals surface area (Å²) >= 11 is 3.57. The summed E-state index contributed by atoms with van der Waals surface area (Å²) in [4.78, 5) is 2.30. The highest BCUT2D eigenvalue weighted by atomic mass is 79.9. The van der Waals surface area contributed by atoms with Gasteiger partial charge in [-0.3, -0.25) is 4.68 Å². The molecule has 0 spiro atoms. The largest absolute Gasteiger partial charge is 0.389 e. The SMILES string of the molecule is Cc1nn(C)c(CC2(O)CCN(C)C(C)C2)c1Br. The van der Waals surface area contributed by atoms with E-state index in [1.165, 1.54) is 0 Å². The Morgan fingerprint density at radius 3 is 2.67 bits per heavy atom. The van der Waals surface area contributed by atoms with Crippen molar-refractivity contribution in [3.05, 3.63) is 15.9 Å². The van der Waals surface area contributed by atoms with E-state index in [4.69, 9.17) is 0 Å². The molecule has 0 aliphatic carbocycles. The van der Waals surface area contributed by atoms with E-state index >= 15 is 0 Å². The van der Waals surface area contributed by atoms with E-state index in [-0.39, 0.29) is 0 Å². The second-order valence-electron chi connectivity index (χ2n) is 5.65. The quantitative estimate of drug-likeness (QED) is 0.906. The van der Waals surface area contributed by atoms with Gasteiger partial charge in [-0.15, -0.1) is 0 Å². The third-order valence-corrected chi connectivity index (χ3v) is 5.15. The molecule has 1 aliphatic rings. The first kappa shape index (κ1) is 14.0. The van der Waals surface area contributed by atoms with Crippen LogP contribution in [-0.4, -0.2) is 45.0 Å². The average Bonchev–Trinajstić information content (AvgIpc) is 2.51. The summed E-state index contributed by atoms with van der Waals surface area (Å²) in [5, 5.41) is 15.2. The van der Waals surface area contributed by atoms with Crippen molar-refractivity contribution >= 4 is 15.9 Å². The summed E-state index contributed by atoms with van der Waals surface area (Å²) in [5.41, 5.74) is 1.47. The standard InChI is InChI=1S/C13H22BrN3O/c1-9-7-13(18,5-6-16(9)3)8-11-12(14)10(2)15-17(11)4/h9,18H,5-8H2,1-4H3. The number of aryl methyl sites for hydroxylation is 2. The summed E-state index contributed by atoms with van der Waals surface area (Å²) < 4.78 is 2.91. The van der Waals surface area contributed by atoms with Crippen LogP contribution in [-0.2, 0) is 13.5 Å². The topological polar surface area (TPSA) is 41.3 Å². The average molecular weight is 316 g/mol. The number of rotatable bonds is 2. The van der Waals surface area contributed by atoms with E-state index in [2.05, 4.69) is 39.9 Å². The lowest BCUT2D eigenvalue weighted by Crippen LogP contribution is -2.49. The Balaban J connectivity index is 2.18. The van der Waals surface area contributed by atoms with Gasteiger partial charge in [0.05, 0.1) is 21.5 Å². The minimum atomic E-state index is -0.603. The maximum Gasteiger partial charge on any atom is 0.0738 e. The first-order valence-electron chi connectivity index (χ1n) is 6.43. The molecule has 18 heavy (non-hydrogen) atoms. The number of aromatic nitrogens is 2. The van der Waals surface area contributed by atoms with Crippen molar-refractivity contribution in [2.24, 2.45) is 7.05 Å². The van der Waals surface area contributed by atoms with Crippen molar-refractivity contribution in [1.29, 1.82) is 0 Å². The number of likely N-dealkylation sites (tertiary alicyclic amines) is 1. The zero-order chi connectivity index (χ0) is 13.5. The molecule has 2 heterocycles. The Morgan fingerprint density at radius 2 is 2.17 bits per heavy atom. The van der Waals surface area contributed by atoms with Gasteiger partial charge in [0.15, 0.2) is 0 Å². The van der Waals surface area contributed by atoms with Gasteiger partial charge in [-0.05, 0) is 49.7 Å². The van der Waals surface area contributed by atoms with Crippen LogP contribution >= 0.6 is 15.9 Å². The Bertz CT molecular complexity index is 446. The van der Waals surface area contributed by atoms with Crippen molar-refractivity contribution < 1.29 is 5.11 Å². The van der Waals surface area contributed by atoms with Gasteiger partial charge in [0.1, 0.15) is 0 Å². The zero-order valence-electron chi connectivity index (χ0n) is 11.6. The third-order valence-electron chi connectivity index (χ3n) is 4.12. The monoisotopic (exact) mass is 315 g/mol. The molecule has 1 aromatic heterocycles. The van der Waals surface area contributed by atoms with E-state index in [1.807, 2.05) is 18.7 Å². The number of nitrogens with zero attached hydrogens (tertiary/aromatic N) is 3. The van der Waals surface area contributed by atoms with Crippen LogP contribution in [0, 0.1) is 6.92 Å². The summed E-state index contributed by atoms with van der Waals surface area (Å²) in [5.74, 6) is 0.